The van der Waals surface area contributed by atoms with Crippen molar-refractivity contribution < 1.29 is 5.11 Å². The molecule has 1 radical (unpaired) electrons. The molecule has 3 heteroatoms. The molecule has 71 valence electrons. The van der Waals surface area contributed by atoms with Gasteiger partial charge in [-0.05, 0) is 45.4 Å². The Kier molecular flexibility index (Phi) is 5.32. The molecular weight excluding hydrogens is 152 g/mol. The van der Waals surface area contributed by atoms with E-state index in [2.05, 4.69) is 10.2 Å². The first kappa shape index (κ1) is 9.96. The van der Waals surface area contributed by atoms with Crippen molar-refractivity contribution in [3.05, 3.63) is 0 Å². The number of rotatable bonds is 6. The van der Waals surface area contributed by atoms with Crippen LogP contribution in [0.3, 0.4) is 0 Å². The zero-order valence-electron chi connectivity index (χ0n) is 7.72. The van der Waals surface area contributed by atoms with Crippen molar-refractivity contribution in [2.24, 2.45) is 0 Å². The Bertz CT molecular complexity index is 103. The molecule has 0 amide bonds. The number of likely N-dealkylation sites (tertiary alicyclic amines) is 1. The molecule has 3 nitrogen and oxygen atoms in total. The molecule has 0 bridgehead atoms. The van der Waals surface area contributed by atoms with Gasteiger partial charge in [-0.15, -0.1) is 0 Å². The van der Waals surface area contributed by atoms with Crippen LogP contribution in [0.15, 0.2) is 0 Å². The van der Waals surface area contributed by atoms with E-state index in [1.165, 1.54) is 38.9 Å². The molecule has 0 atom stereocenters. The maximum absolute atomic E-state index is 10.1. The minimum Gasteiger partial charge on any atom is -0.314 e. The highest BCUT2D eigenvalue weighted by atomic mass is 16.3. The summed E-state index contributed by atoms with van der Waals surface area (Å²) in [5, 5.41) is 13.2. The van der Waals surface area contributed by atoms with Gasteiger partial charge in [-0.2, -0.15) is 0 Å². The SMILES string of the molecule is [O]CCNCCCN1CCCC1. The van der Waals surface area contributed by atoms with E-state index in [1.54, 1.807) is 0 Å². The Hall–Kier alpha value is -0.120. The lowest BCUT2D eigenvalue weighted by molar-refractivity contribution is 0.193. The fourth-order valence-corrected chi connectivity index (χ4v) is 1.63. The number of hydrogen-bond donors (Lipinski definition) is 1. The molecule has 0 saturated carbocycles. The fraction of sp³-hybridized carbons (Fsp3) is 1.00. The lowest BCUT2D eigenvalue weighted by atomic mass is 10.4. The average Bonchev–Trinajstić information content (AvgIpc) is 2.57. The molecule has 12 heavy (non-hydrogen) atoms. The minimum absolute atomic E-state index is 0.00368. The van der Waals surface area contributed by atoms with E-state index >= 15 is 0 Å². The lowest BCUT2D eigenvalue weighted by Crippen LogP contribution is -2.26. The molecular formula is C9H19N2O. The van der Waals surface area contributed by atoms with Crippen LogP contribution in [-0.4, -0.2) is 44.2 Å². The number of nitrogens with one attached hydrogen (secondary N) is 1. The maximum atomic E-state index is 10.1. The van der Waals surface area contributed by atoms with Gasteiger partial charge in [0.25, 0.3) is 0 Å². The summed E-state index contributed by atoms with van der Waals surface area (Å²) in [4.78, 5) is 2.50. The van der Waals surface area contributed by atoms with Gasteiger partial charge in [-0.3, -0.25) is 0 Å². The van der Waals surface area contributed by atoms with Gasteiger partial charge in [0.15, 0.2) is 0 Å². The van der Waals surface area contributed by atoms with E-state index < -0.39 is 0 Å². The standard InChI is InChI=1S/C9H19N2O/c12-9-5-10-4-3-8-11-6-1-2-7-11/h10H,1-9H2. The highest BCUT2D eigenvalue weighted by Crippen LogP contribution is 2.06. The van der Waals surface area contributed by atoms with Crippen molar-refractivity contribution in [2.45, 2.75) is 19.3 Å². The predicted octanol–water partition coefficient (Wildman–Crippen LogP) is 0.492. The van der Waals surface area contributed by atoms with E-state index in [4.69, 9.17) is 0 Å². The van der Waals surface area contributed by atoms with E-state index in [0.29, 0.717) is 6.54 Å². The van der Waals surface area contributed by atoms with Gasteiger partial charge in [0.1, 0.15) is 0 Å². The summed E-state index contributed by atoms with van der Waals surface area (Å²) in [6.45, 7) is 5.39. The molecule has 1 heterocycles. The summed E-state index contributed by atoms with van der Waals surface area (Å²) in [6.07, 6.45) is 3.92. The summed E-state index contributed by atoms with van der Waals surface area (Å²) in [6, 6.07) is 0. The van der Waals surface area contributed by atoms with Crippen molar-refractivity contribution in [1.29, 1.82) is 0 Å². The van der Waals surface area contributed by atoms with Crippen LogP contribution in [0.2, 0.25) is 0 Å². The number of nitrogens with zero attached hydrogens (tertiary/aromatic N) is 1. The monoisotopic (exact) mass is 171 g/mol. The van der Waals surface area contributed by atoms with Gasteiger partial charge < -0.3 is 10.2 Å². The molecule has 1 N–H and O–H groups in total. The Morgan fingerprint density at radius 3 is 2.58 bits per heavy atom. The van der Waals surface area contributed by atoms with Crippen LogP contribution >= 0.6 is 0 Å². The summed E-state index contributed by atoms with van der Waals surface area (Å²) < 4.78 is 0. The molecule has 0 unspecified atom stereocenters. The molecule has 1 rings (SSSR count). The fourth-order valence-electron chi connectivity index (χ4n) is 1.63. The molecule has 1 saturated heterocycles. The third kappa shape index (κ3) is 4.04. The molecule has 0 aromatic rings. The van der Waals surface area contributed by atoms with Gasteiger partial charge in [-0.1, -0.05) is 0 Å². The highest BCUT2D eigenvalue weighted by molar-refractivity contribution is 4.65. The molecule has 1 aliphatic heterocycles. The second-order valence-corrected chi connectivity index (χ2v) is 3.36. The van der Waals surface area contributed by atoms with Crippen LogP contribution in [0.5, 0.6) is 0 Å². The molecule has 0 spiro atoms. The predicted molar refractivity (Wildman–Crippen MR) is 48.7 cm³/mol. The Balaban J connectivity index is 1.81. The molecule has 0 aliphatic carbocycles. The first-order chi connectivity index (χ1) is 5.93. The van der Waals surface area contributed by atoms with Gasteiger partial charge in [-0.25, -0.2) is 5.11 Å². The smallest absolute Gasteiger partial charge is 0.0946 e. The Morgan fingerprint density at radius 1 is 1.17 bits per heavy atom. The molecule has 0 aromatic carbocycles. The number of hydrogen-bond acceptors (Lipinski definition) is 2. The second kappa shape index (κ2) is 6.40. The minimum atomic E-state index is 0.00368. The van der Waals surface area contributed by atoms with Crippen molar-refractivity contribution in [2.75, 3.05) is 39.3 Å². The van der Waals surface area contributed by atoms with Crippen molar-refractivity contribution >= 4 is 0 Å². The molecule has 1 aliphatic rings. The third-order valence-electron chi connectivity index (χ3n) is 2.31. The Morgan fingerprint density at radius 2 is 1.92 bits per heavy atom. The summed E-state index contributed by atoms with van der Waals surface area (Å²) in [5.41, 5.74) is 0. The topological polar surface area (TPSA) is 35.2 Å². The quantitative estimate of drug-likeness (QED) is 0.590. The summed E-state index contributed by atoms with van der Waals surface area (Å²) in [7, 11) is 0. The van der Waals surface area contributed by atoms with E-state index in [9.17, 15) is 5.11 Å². The summed E-state index contributed by atoms with van der Waals surface area (Å²) >= 11 is 0. The van der Waals surface area contributed by atoms with E-state index in [1.807, 2.05) is 0 Å². The van der Waals surface area contributed by atoms with E-state index in [0.717, 1.165) is 6.54 Å². The Labute approximate surface area is 74.8 Å². The maximum Gasteiger partial charge on any atom is 0.0946 e. The van der Waals surface area contributed by atoms with Crippen molar-refractivity contribution in [3.63, 3.8) is 0 Å². The first-order valence-electron chi connectivity index (χ1n) is 4.94. The van der Waals surface area contributed by atoms with Crippen LogP contribution in [0.25, 0.3) is 0 Å². The van der Waals surface area contributed by atoms with E-state index in [-0.39, 0.29) is 6.61 Å². The van der Waals surface area contributed by atoms with Crippen LogP contribution in [0.4, 0.5) is 0 Å². The van der Waals surface area contributed by atoms with Crippen molar-refractivity contribution in [3.8, 4) is 0 Å². The van der Waals surface area contributed by atoms with Gasteiger partial charge >= 0.3 is 0 Å². The first-order valence-corrected chi connectivity index (χ1v) is 4.94. The van der Waals surface area contributed by atoms with Crippen LogP contribution in [0, 0.1) is 0 Å². The van der Waals surface area contributed by atoms with Crippen molar-refractivity contribution in [1.82, 2.24) is 10.2 Å². The van der Waals surface area contributed by atoms with Gasteiger partial charge in [0.05, 0.1) is 6.61 Å². The third-order valence-corrected chi connectivity index (χ3v) is 2.31. The zero-order chi connectivity index (χ0) is 8.65. The van der Waals surface area contributed by atoms with Crippen LogP contribution in [-0.2, 0) is 5.11 Å². The van der Waals surface area contributed by atoms with Crippen LogP contribution < -0.4 is 5.32 Å². The van der Waals surface area contributed by atoms with Gasteiger partial charge in [0, 0.05) is 6.54 Å². The van der Waals surface area contributed by atoms with Crippen LogP contribution in [0.1, 0.15) is 19.3 Å². The second-order valence-electron chi connectivity index (χ2n) is 3.36. The molecule has 1 fully saturated rings. The normalized spacial score (nSPS) is 18.8. The zero-order valence-corrected chi connectivity index (χ0v) is 7.72. The lowest BCUT2D eigenvalue weighted by Gasteiger charge is -2.13. The summed E-state index contributed by atoms with van der Waals surface area (Å²) in [5.74, 6) is 0. The average molecular weight is 171 g/mol. The van der Waals surface area contributed by atoms with Gasteiger partial charge in [0.2, 0.25) is 0 Å². The highest BCUT2D eigenvalue weighted by Gasteiger charge is 2.09. The molecule has 0 aromatic heterocycles. The largest absolute Gasteiger partial charge is 0.314 e.